The van der Waals surface area contributed by atoms with Gasteiger partial charge >= 0.3 is 0 Å². The number of aromatic nitrogens is 1. The average Bonchev–Trinajstić information content (AvgIpc) is 2.46. The molecule has 2 heteroatoms. The van der Waals surface area contributed by atoms with E-state index in [1.807, 2.05) is 36.5 Å². The smallest absolute Gasteiger partial charge is 0.163 e. The molecule has 0 fully saturated rings. The first-order valence-corrected chi connectivity index (χ1v) is 6.30. The molecule has 1 aromatic heterocycles. The number of hydrogen-bond donors (Lipinski definition) is 0. The summed E-state index contributed by atoms with van der Waals surface area (Å²) >= 11 is 0. The molecule has 1 heterocycles. The number of carbonyl (C=O) groups excluding carboxylic acids is 1. The molecule has 2 rings (SSSR count). The lowest BCUT2D eigenvalue weighted by molar-refractivity contribution is 0.0982. The van der Waals surface area contributed by atoms with Crippen LogP contribution in [0, 0.1) is 0 Å². The summed E-state index contributed by atoms with van der Waals surface area (Å²) in [6.45, 7) is 2.10. The molecule has 92 valence electrons. The van der Waals surface area contributed by atoms with Gasteiger partial charge in [-0.1, -0.05) is 31.2 Å². The normalized spacial score (nSPS) is 10.3. The van der Waals surface area contributed by atoms with Crippen molar-refractivity contribution in [2.75, 3.05) is 0 Å². The van der Waals surface area contributed by atoms with E-state index in [2.05, 4.69) is 18.0 Å². The van der Waals surface area contributed by atoms with E-state index in [9.17, 15) is 4.79 Å². The Bertz CT molecular complexity index is 520. The van der Waals surface area contributed by atoms with E-state index >= 15 is 0 Å². The van der Waals surface area contributed by atoms with Crippen molar-refractivity contribution in [2.24, 2.45) is 0 Å². The molecule has 18 heavy (non-hydrogen) atoms. The van der Waals surface area contributed by atoms with Crippen LogP contribution in [0.15, 0.2) is 48.8 Å². The highest BCUT2D eigenvalue weighted by molar-refractivity contribution is 5.96. The number of carbonyl (C=O) groups is 1. The van der Waals surface area contributed by atoms with E-state index in [0.29, 0.717) is 6.42 Å². The lowest BCUT2D eigenvalue weighted by atomic mass is 10.0. The van der Waals surface area contributed by atoms with Crippen molar-refractivity contribution in [1.82, 2.24) is 4.98 Å². The summed E-state index contributed by atoms with van der Waals surface area (Å²) in [5.41, 5.74) is 3.14. The molecule has 0 saturated carbocycles. The van der Waals surface area contributed by atoms with Crippen LogP contribution in [0.1, 0.15) is 34.8 Å². The maximum Gasteiger partial charge on any atom is 0.163 e. The number of pyridine rings is 1. The van der Waals surface area contributed by atoms with Crippen molar-refractivity contribution in [3.63, 3.8) is 0 Å². The lowest BCUT2D eigenvalue weighted by Gasteiger charge is -2.03. The molecular weight excluding hydrogens is 222 g/mol. The summed E-state index contributed by atoms with van der Waals surface area (Å²) in [5.74, 6) is 0.203. The average molecular weight is 239 g/mol. The van der Waals surface area contributed by atoms with Crippen molar-refractivity contribution in [3.05, 3.63) is 65.5 Å². The molecular formula is C16H17NO. The van der Waals surface area contributed by atoms with Gasteiger partial charge in [-0.2, -0.15) is 0 Å². The Morgan fingerprint density at radius 1 is 1.17 bits per heavy atom. The zero-order valence-electron chi connectivity index (χ0n) is 10.6. The second kappa shape index (κ2) is 6.10. The predicted molar refractivity (Wildman–Crippen MR) is 72.7 cm³/mol. The van der Waals surface area contributed by atoms with Crippen molar-refractivity contribution in [3.8, 4) is 0 Å². The standard InChI is InChI=1S/C16H17NO/c1-2-13-5-3-7-15(11-13)16(18)9-8-14-6-4-10-17-12-14/h3-7,10-12H,2,8-9H2,1H3. The van der Waals surface area contributed by atoms with E-state index in [1.165, 1.54) is 5.56 Å². The first-order chi connectivity index (χ1) is 8.79. The molecule has 0 atom stereocenters. The van der Waals surface area contributed by atoms with E-state index in [1.54, 1.807) is 6.20 Å². The van der Waals surface area contributed by atoms with Gasteiger partial charge in [0.2, 0.25) is 0 Å². The molecule has 2 aromatic rings. The number of benzene rings is 1. The zero-order valence-corrected chi connectivity index (χ0v) is 10.6. The third-order valence-electron chi connectivity index (χ3n) is 3.02. The highest BCUT2D eigenvalue weighted by Gasteiger charge is 2.06. The number of hydrogen-bond acceptors (Lipinski definition) is 2. The number of nitrogens with zero attached hydrogens (tertiary/aromatic N) is 1. The maximum absolute atomic E-state index is 12.1. The van der Waals surface area contributed by atoms with Crippen LogP contribution in [0.2, 0.25) is 0 Å². The van der Waals surface area contributed by atoms with Crippen LogP contribution in [0.3, 0.4) is 0 Å². The summed E-state index contributed by atoms with van der Waals surface area (Å²) in [6, 6.07) is 11.8. The summed E-state index contributed by atoms with van der Waals surface area (Å²) < 4.78 is 0. The Labute approximate surface area is 108 Å². The Balaban J connectivity index is 1.99. The topological polar surface area (TPSA) is 30.0 Å². The fourth-order valence-corrected chi connectivity index (χ4v) is 1.91. The maximum atomic E-state index is 12.1. The molecule has 0 spiro atoms. The first kappa shape index (κ1) is 12.5. The molecule has 0 aliphatic carbocycles. The van der Waals surface area contributed by atoms with Crippen LogP contribution in [-0.2, 0) is 12.8 Å². The summed E-state index contributed by atoms with van der Waals surface area (Å²) in [4.78, 5) is 16.1. The summed E-state index contributed by atoms with van der Waals surface area (Å²) in [6.07, 6.45) is 5.82. The predicted octanol–water partition coefficient (Wildman–Crippen LogP) is 3.46. The van der Waals surface area contributed by atoms with Crippen molar-refractivity contribution >= 4 is 5.78 Å². The second-order valence-electron chi connectivity index (χ2n) is 4.34. The molecule has 0 saturated heterocycles. The van der Waals surface area contributed by atoms with Crippen LogP contribution >= 0.6 is 0 Å². The van der Waals surface area contributed by atoms with Crippen molar-refractivity contribution < 1.29 is 4.79 Å². The largest absolute Gasteiger partial charge is 0.294 e. The molecule has 0 bridgehead atoms. The Morgan fingerprint density at radius 2 is 2.00 bits per heavy atom. The van der Waals surface area contributed by atoms with Gasteiger partial charge in [0.05, 0.1) is 0 Å². The minimum Gasteiger partial charge on any atom is -0.294 e. The Morgan fingerprint density at radius 3 is 2.72 bits per heavy atom. The van der Waals surface area contributed by atoms with Gasteiger partial charge in [-0.25, -0.2) is 0 Å². The number of ketones is 1. The molecule has 0 amide bonds. The summed E-state index contributed by atoms with van der Waals surface area (Å²) in [5, 5.41) is 0. The highest BCUT2D eigenvalue weighted by atomic mass is 16.1. The van der Waals surface area contributed by atoms with Gasteiger partial charge in [-0.05, 0) is 36.1 Å². The third-order valence-corrected chi connectivity index (χ3v) is 3.02. The molecule has 2 nitrogen and oxygen atoms in total. The number of rotatable bonds is 5. The Kier molecular flexibility index (Phi) is 4.24. The number of aryl methyl sites for hydroxylation is 2. The molecule has 0 N–H and O–H groups in total. The molecule has 0 aliphatic heterocycles. The SMILES string of the molecule is CCc1cccc(C(=O)CCc2cccnc2)c1. The van der Waals surface area contributed by atoms with Crippen LogP contribution in [0.5, 0.6) is 0 Å². The van der Waals surface area contributed by atoms with Crippen LogP contribution < -0.4 is 0 Å². The van der Waals surface area contributed by atoms with E-state index < -0.39 is 0 Å². The van der Waals surface area contributed by atoms with Gasteiger partial charge < -0.3 is 0 Å². The highest BCUT2D eigenvalue weighted by Crippen LogP contribution is 2.10. The van der Waals surface area contributed by atoms with Gasteiger partial charge in [0.15, 0.2) is 5.78 Å². The summed E-state index contributed by atoms with van der Waals surface area (Å²) in [7, 11) is 0. The van der Waals surface area contributed by atoms with Gasteiger partial charge in [-0.3, -0.25) is 9.78 Å². The van der Waals surface area contributed by atoms with Gasteiger partial charge in [-0.15, -0.1) is 0 Å². The van der Waals surface area contributed by atoms with Crippen LogP contribution in [0.25, 0.3) is 0 Å². The molecule has 1 aromatic carbocycles. The lowest BCUT2D eigenvalue weighted by Crippen LogP contribution is -2.02. The third kappa shape index (κ3) is 3.27. The van der Waals surface area contributed by atoms with Crippen molar-refractivity contribution in [2.45, 2.75) is 26.2 Å². The van der Waals surface area contributed by atoms with Gasteiger partial charge in [0.25, 0.3) is 0 Å². The van der Waals surface area contributed by atoms with Crippen LogP contribution in [0.4, 0.5) is 0 Å². The van der Waals surface area contributed by atoms with E-state index in [0.717, 1.165) is 24.0 Å². The minimum atomic E-state index is 0.203. The minimum absolute atomic E-state index is 0.203. The Hall–Kier alpha value is -1.96. The van der Waals surface area contributed by atoms with Gasteiger partial charge in [0.1, 0.15) is 0 Å². The van der Waals surface area contributed by atoms with E-state index in [4.69, 9.17) is 0 Å². The molecule has 0 radical (unpaired) electrons. The van der Waals surface area contributed by atoms with Crippen LogP contribution in [-0.4, -0.2) is 10.8 Å². The fourth-order valence-electron chi connectivity index (χ4n) is 1.91. The van der Waals surface area contributed by atoms with Crippen molar-refractivity contribution in [1.29, 1.82) is 0 Å². The zero-order chi connectivity index (χ0) is 12.8. The second-order valence-corrected chi connectivity index (χ2v) is 4.34. The monoisotopic (exact) mass is 239 g/mol. The first-order valence-electron chi connectivity index (χ1n) is 6.30. The van der Waals surface area contributed by atoms with Gasteiger partial charge in [0, 0.05) is 24.4 Å². The molecule has 0 unspecified atom stereocenters. The van der Waals surface area contributed by atoms with E-state index in [-0.39, 0.29) is 5.78 Å². The number of Topliss-reactive ketones (excluding diaryl/α,β-unsaturated/α-hetero) is 1. The molecule has 0 aliphatic rings. The fraction of sp³-hybridized carbons (Fsp3) is 0.250. The quantitative estimate of drug-likeness (QED) is 0.748.